The molecule has 2 atom stereocenters. The number of hydrogen-bond acceptors (Lipinski definition) is 2. The van der Waals surface area contributed by atoms with Crippen molar-refractivity contribution < 1.29 is 4.79 Å². The number of nitrogens with one attached hydrogen (secondary N) is 1. The molecule has 144 valence electrons. The van der Waals surface area contributed by atoms with E-state index in [0.717, 1.165) is 37.3 Å². The topological polar surface area (TPSA) is 39.3 Å². The van der Waals surface area contributed by atoms with Crippen molar-refractivity contribution in [2.24, 2.45) is 5.92 Å². The summed E-state index contributed by atoms with van der Waals surface area (Å²) in [5, 5.41) is 1.17. The summed E-state index contributed by atoms with van der Waals surface area (Å²) in [6, 6.07) is 6.59. The molecule has 0 spiro atoms. The van der Waals surface area contributed by atoms with E-state index in [-0.39, 0.29) is 5.91 Å². The summed E-state index contributed by atoms with van der Waals surface area (Å²) in [6.45, 7) is 12.4. The van der Waals surface area contributed by atoms with Gasteiger partial charge in [-0.15, -0.1) is 0 Å². The maximum atomic E-state index is 13.3. The summed E-state index contributed by atoms with van der Waals surface area (Å²) < 4.78 is 0. The number of benzene rings is 1. The molecule has 4 heterocycles. The molecule has 0 radical (unpaired) electrons. The van der Waals surface area contributed by atoms with E-state index in [2.05, 4.69) is 60.7 Å². The van der Waals surface area contributed by atoms with E-state index >= 15 is 0 Å². The number of aryl methyl sites for hydroxylation is 2. The second kappa shape index (κ2) is 7.16. The molecule has 1 N–H and O–H groups in total. The van der Waals surface area contributed by atoms with Crippen molar-refractivity contribution in [1.82, 2.24) is 14.8 Å². The lowest BCUT2D eigenvalue weighted by atomic mass is 9.95. The molecule has 0 unspecified atom stereocenters. The quantitative estimate of drug-likeness (QED) is 0.824. The van der Waals surface area contributed by atoms with Gasteiger partial charge >= 0.3 is 0 Å². The summed E-state index contributed by atoms with van der Waals surface area (Å²) in [5.74, 6) is 0.786. The van der Waals surface area contributed by atoms with Crippen LogP contribution in [0.3, 0.4) is 0 Å². The molecular formula is C23H31N3O. The number of piperidine rings is 1. The van der Waals surface area contributed by atoms with Crippen LogP contribution in [0.25, 0.3) is 10.9 Å². The van der Waals surface area contributed by atoms with Gasteiger partial charge in [-0.05, 0) is 70.2 Å². The summed E-state index contributed by atoms with van der Waals surface area (Å²) in [5.41, 5.74) is 5.72. The van der Waals surface area contributed by atoms with E-state index in [1.165, 1.54) is 35.1 Å². The van der Waals surface area contributed by atoms with Gasteiger partial charge in [-0.2, -0.15) is 0 Å². The normalized spacial score (nSPS) is 22.9. The van der Waals surface area contributed by atoms with Gasteiger partial charge in [0.15, 0.2) is 0 Å². The van der Waals surface area contributed by atoms with Crippen LogP contribution in [-0.4, -0.2) is 52.9 Å². The molecule has 1 aromatic carbocycles. The van der Waals surface area contributed by atoms with E-state index in [9.17, 15) is 4.79 Å². The summed E-state index contributed by atoms with van der Waals surface area (Å²) in [4.78, 5) is 21.4. The average Bonchev–Trinajstić information content (AvgIpc) is 2.83. The molecule has 0 saturated carbocycles. The van der Waals surface area contributed by atoms with Crippen LogP contribution in [0, 0.1) is 19.8 Å². The van der Waals surface area contributed by atoms with Gasteiger partial charge in [0.1, 0.15) is 0 Å². The summed E-state index contributed by atoms with van der Waals surface area (Å²) >= 11 is 0. The van der Waals surface area contributed by atoms with E-state index in [4.69, 9.17) is 0 Å². The molecule has 1 amide bonds. The number of carbonyl (C=O) groups is 1. The van der Waals surface area contributed by atoms with E-state index in [1.807, 2.05) is 6.07 Å². The van der Waals surface area contributed by atoms with Gasteiger partial charge in [0.2, 0.25) is 0 Å². The number of hydrogen-bond donors (Lipinski definition) is 1. The fraction of sp³-hybridized carbons (Fsp3) is 0.522. The number of allylic oxidation sites excluding steroid dienone is 1. The lowest BCUT2D eigenvalue weighted by molar-refractivity contribution is 0.0740. The Morgan fingerprint density at radius 2 is 2.00 bits per heavy atom. The molecular weight excluding hydrogens is 334 g/mol. The SMILES string of the molecule is CC(C)=CCN1C[C@@H]2CC[C@H]1CN(C(=O)c1ccc3[nH]c(C)c(C)c3c1)C2. The zero-order valence-corrected chi connectivity index (χ0v) is 17.0. The standard InChI is InChI=1S/C23H31N3O/c1-15(2)9-10-25-12-18-5-7-20(25)14-26(13-18)23(27)19-6-8-22-21(11-19)16(3)17(4)24-22/h6,8-9,11,18,20,24H,5,7,10,12-14H2,1-4H3/t18-,20-/m0/s1. The van der Waals surface area contributed by atoms with Gasteiger partial charge in [-0.3, -0.25) is 9.69 Å². The molecule has 2 bridgehead atoms. The Labute approximate surface area is 162 Å². The van der Waals surface area contributed by atoms with Gasteiger partial charge in [-0.1, -0.05) is 11.6 Å². The Bertz CT molecular complexity index is 890. The predicted molar refractivity (Wildman–Crippen MR) is 111 cm³/mol. The molecule has 3 aliphatic rings. The highest BCUT2D eigenvalue weighted by atomic mass is 16.2. The van der Waals surface area contributed by atoms with Crippen LogP contribution >= 0.6 is 0 Å². The van der Waals surface area contributed by atoms with Crippen LogP contribution in [0.1, 0.15) is 48.3 Å². The Balaban J connectivity index is 1.56. The van der Waals surface area contributed by atoms with Crippen molar-refractivity contribution in [2.45, 2.75) is 46.6 Å². The van der Waals surface area contributed by atoms with Crippen molar-refractivity contribution in [3.63, 3.8) is 0 Å². The molecule has 1 aromatic heterocycles. The van der Waals surface area contributed by atoms with Crippen LogP contribution in [0.4, 0.5) is 0 Å². The highest BCUT2D eigenvalue weighted by molar-refractivity contribution is 5.99. The monoisotopic (exact) mass is 365 g/mol. The Hall–Kier alpha value is -2.07. The Kier molecular flexibility index (Phi) is 4.85. The zero-order valence-electron chi connectivity index (χ0n) is 17.0. The second-order valence-electron chi connectivity index (χ2n) is 8.68. The number of amides is 1. The van der Waals surface area contributed by atoms with Gasteiger partial charge < -0.3 is 9.88 Å². The third kappa shape index (κ3) is 3.55. The van der Waals surface area contributed by atoms with Crippen molar-refractivity contribution in [1.29, 1.82) is 0 Å². The summed E-state index contributed by atoms with van der Waals surface area (Å²) in [7, 11) is 0. The largest absolute Gasteiger partial charge is 0.358 e. The number of aromatic amines is 1. The van der Waals surface area contributed by atoms with Crippen molar-refractivity contribution >= 4 is 16.8 Å². The number of rotatable bonds is 3. The van der Waals surface area contributed by atoms with Crippen LogP contribution in [0.2, 0.25) is 0 Å². The van der Waals surface area contributed by atoms with Crippen molar-refractivity contribution in [3.8, 4) is 0 Å². The first-order valence-corrected chi connectivity index (χ1v) is 10.2. The Morgan fingerprint density at radius 3 is 2.78 bits per heavy atom. The molecule has 3 aliphatic heterocycles. The number of nitrogens with zero attached hydrogens (tertiary/aromatic N) is 2. The molecule has 5 rings (SSSR count). The maximum Gasteiger partial charge on any atom is 0.253 e. The minimum Gasteiger partial charge on any atom is -0.358 e. The van der Waals surface area contributed by atoms with Gasteiger partial charge in [0.05, 0.1) is 0 Å². The highest BCUT2D eigenvalue weighted by Gasteiger charge is 2.36. The van der Waals surface area contributed by atoms with Crippen molar-refractivity contribution in [2.75, 3.05) is 26.2 Å². The minimum atomic E-state index is 0.191. The maximum absolute atomic E-state index is 13.3. The second-order valence-corrected chi connectivity index (χ2v) is 8.68. The van der Waals surface area contributed by atoms with Crippen LogP contribution in [0.15, 0.2) is 29.8 Å². The molecule has 3 saturated heterocycles. The smallest absolute Gasteiger partial charge is 0.253 e. The van der Waals surface area contributed by atoms with Gasteiger partial charge in [-0.25, -0.2) is 0 Å². The molecule has 4 nitrogen and oxygen atoms in total. The lowest BCUT2D eigenvalue weighted by Gasteiger charge is -2.35. The zero-order chi connectivity index (χ0) is 19.1. The number of aromatic nitrogens is 1. The first kappa shape index (κ1) is 18.3. The fourth-order valence-electron chi connectivity index (χ4n) is 4.65. The number of H-pyrrole nitrogens is 1. The minimum absolute atomic E-state index is 0.191. The Morgan fingerprint density at radius 1 is 1.19 bits per heavy atom. The molecule has 3 fully saturated rings. The van der Waals surface area contributed by atoms with Gasteiger partial charge in [0, 0.05) is 54.4 Å². The van der Waals surface area contributed by atoms with Crippen molar-refractivity contribution in [3.05, 3.63) is 46.7 Å². The molecule has 0 aliphatic carbocycles. The molecule has 27 heavy (non-hydrogen) atoms. The van der Waals surface area contributed by atoms with Crippen LogP contribution in [-0.2, 0) is 0 Å². The first-order chi connectivity index (χ1) is 12.9. The third-order valence-electron chi connectivity index (χ3n) is 6.40. The third-order valence-corrected chi connectivity index (χ3v) is 6.40. The summed E-state index contributed by atoms with van der Waals surface area (Å²) in [6.07, 6.45) is 4.77. The van der Waals surface area contributed by atoms with E-state index < -0.39 is 0 Å². The first-order valence-electron chi connectivity index (χ1n) is 10.2. The number of fused-ring (bicyclic) bond motifs is 5. The van der Waals surface area contributed by atoms with Crippen LogP contribution < -0.4 is 0 Å². The van der Waals surface area contributed by atoms with E-state index in [0.29, 0.717) is 12.0 Å². The van der Waals surface area contributed by atoms with Gasteiger partial charge in [0.25, 0.3) is 5.91 Å². The fourth-order valence-corrected chi connectivity index (χ4v) is 4.65. The molecule has 4 heteroatoms. The predicted octanol–water partition coefficient (Wildman–Crippen LogP) is 4.29. The number of carbonyl (C=O) groups excluding carboxylic acids is 1. The molecule has 2 aromatic rings. The highest BCUT2D eigenvalue weighted by Crippen LogP contribution is 2.29. The lowest BCUT2D eigenvalue weighted by Crippen LogP contribution is -2.44. The van der Waals surface area contributed by atoms with E-state index in [1.54, 1.807) is 0 Å². The van der Waals surface area contributed by atoms with Crippen LogP contribution in [0.5, 0.6) is 0 Å². The average molecular weight is 366 g/mol.